The van der Waals surface area contributed by atoms with Crippen molar-refractivity contribution in [2.24, 2.45) is 0 Å². The zero-order valence-corrected chi connectivity index (χ0v) is 9.36. The van der Waals surface area contributed by atoms with Crippen molar-refractivity contribution in [3.05, 3.63) is 35.9 Å². The Kier molecular flexibility index (Phi) is 3.28. The quantitative estimate of drug-likeness (QED) is 0.724. The first-order chi connectivity index (χ1) is 7.27. The van der Waals surface area contributed by atoms with Crippen LogP contribution in [0.3, 0.4) is 0 Å². The summed E-state index contributed by atoms with van der Waals surface area (Å²) in [5.41, 5.74) is 0.769. The predicted octanol–water partition coefficient (Wildman–Crippen LogP) is 1.29. The van der Waals surface area contributed by atoms with Crippen molar-refractivity contribution in [1.29, 1.82) is 0 Å². The molecule has 1 heterocycles. The van der Waals surface area contributed by atoms with Crippen molar-refractivity contribution in [1.82, 2.24) is 9.21 Å². The lowest BCUT2D eigenvalue weighted by molar-refractivity contribution is 0.0705. The maximum atomic E-state index is 12.0. The number of hydrogen-bond acceptors (Lipinski definition) is 3. The van der Waals surface area contributed by atoms with Crippen LogP contribution in [-0.4, -0.2) is 41.3 Å². The number of piperazine rings is 1. The fourth-order valence-electron chi connectivity index (χ4n) is 1.66. The zero-order valence-electron chi connectivity index (χ0n) is 8.47. The number of rotatable bonds is 1. The largest absolute Gasteiger partial charge is 0.336 e. The van der Waals surface area contributed by atoms with Crippen molar-refractivity contribution >= 4 is 18.7 Å². The molecule has 1 aromatic rings. The number of benzene rings is 1. The highest BCUT2D eigenvalue weighted by Gasteiger charge is 2.20. The molecule has 1 aromatic carbocycles. The Hall–Kier alpha value is -1.00. The Morgan fingerprint density at radius 3 is 2.27 bits per heavy atom. The van der Waals surface area contributed by atoms with Gasteiger partial charge in [0.2, 0.25) is 0 Å². The zero-order chi connectivity index (χ0) is 10.7. The Morgan fingerprint density at radius 2 is 1.67 bits per heavy atom. The molecule has 0 radical (unpaired) electrons. The molecule has 0 N–H and O–H groups in total. The molecule has 3 nitrogen and oxygen atoms in total. The number of amides is 1. The van der Waals surface area contributed by atoms with Gasteiger partial charge in [0, 0.05) is 31.7 Å². The van der Waals surface area contributed by atoms with Gasteiger partial charge in [-0.25, -0.2) is 4.31 Å². The van der Waals surface area contributed by atoms with Crippen molar-refractivity contribution in [3.63, 3.8) is 0 Å². The Labute approximate surface area is 95.2 Å². The van der Waals surface area contributed by atoms with E-state index in [9.17, 15) is 4.79 Å². The minimum Gasteiger partial charge on any atom is -0.336 e. The Balaban J connectivity index is 2.03. The first-order valence-corrected chi connectivity index (χ1v) is 5.45. The molecular formula is C11H14N2OS. The van der Waals surface area contributed by atoms with E-state index in [0.29, 0.717) is 0 Å². The normalized spacial score (nSPS) is 17.8. The van der Waals surface area contributed by atoms with Gasteiger partial charge in [-0.2, -0.15) is 0 Å². The van der Waals surface area contributed by atoms with Crippen LogP contribution in [0.2, 0.25) is 0 Å². The standard InChI is InChI=1S/C11H14N2OS/c14-11(10-4-2-1-3-5-10)12-6-8-13(15)9-7-12/h1-5,15H,6-9H2. The fraction of sp³-hybridized carbons (Fsp3) is 0.364. The van der Waals surface area contributed by atoms with Crippen molar-refractivity contribution in [3.8, 4) is 0 Å². The highest BCUT2D eigenvalue weighted by atomic mass is 32.1. The summed E-state index contributed by atoms with van der Waals surface area (Å²) in [7, 11) is 0. The van der Waals surface area contributed by atoms with E-state index in [4.69, 9.17) is 0 Å². The van der Waals surface area contributed by atoms with Gasteiger partial charge in [-0.15, -0.1) is 0 Å². The Morgan fingerprint density at radius 1 is 1.07 bits per heavy atom. The third kappa shape index (κ3) is 2.52. The third-order valence-electron chi connectivity index (χ3n) is 2.56. The van der Waals surface area contributed by atoms with Crippen LogP contribution >= 0.6 is 12.8 Å². The lowest BCUT2D eigenvalue weighted by Gasteiger charge is -2.31. The van der Waals surface area contributed by atoms with Gasteiger partial charge >= 0.3 is 0 Å². The highest BCUT2D eigenvalue weighted by molar-refractivity contribution is 7.77. The van der Waals surface area contributed by atoms with Gasteiger partial charge in [-0.1, -0.05) is 31.0 Å². The summed E-state index contributed by atoms with van der Waals surface area (Å²) in [6.07, 6.45) is 0. The minimum atomic E-state index is 0.122. The second kappa shape index (κ2) is 4.68. The van der Waals surface area contributed by atoms with Crippen LogP contribution < -0.4 is 0 Å². The molecule has 0 aromatic heterocycles. The van der Waals surface area contributed by atoms with Crippen LogP contribution in [0.15, 0.2) is 30.3 Å². The van der Waals surface area contributed by atoms with Gasteiger partial charge in [0.1, 0.15) is 0 Å². The average molecular weight is 222 g/mol. The van der Waals surface area contributed by atoms with Gasteiger partial charge in [-0.05, 0) is 12.1 Å². The van der Waals surface area contributed by atoms with Crippen LogP contribution in [-0.2, 0) is 0 Å². The second-order valence-electron chi connectivity index (χ2n) is 3.61. The summed E-state index contributed by atoms with van der Waals surface area (Å²) in [6, 6.07) is 9.41. The van der Waals surface area contributed by atoms with Gasteiger partial charge < -0.3 is 4.90 Å². The first kappa shape index (κ1) is 10.5. The predicted molar refractivity (Wildman–Crippen MR) is 62.9 cm³/mol. The number of thiol groups is 1. The lowest BCUT2D eigenvalue weighted by Crippen LogP contribution is -2.45. The van der Waals surface area contributed by atoms with Crippen LogP contribution in [0.25, 0.3) is 0 Å². The van der Waals surface area contributed by atoms with Gasteiger partial charge in [-0.3, -0.25) is 4.79 Å². The number of carbonyl (C=O) groups is 1. The van der Waals surface area contributed by atoms with E-state index in [1.807, 2.05) is 39.5 Å². The molecule has 0 spiro atoms. The molecule has 15 heavy (non-hydrogen) atoms. The van der Waals surface area contributed by atoms with E-state index in [0.717, 1.165) is 31.7 Å². The summed E-state index contributed by atoms with van der Waals surface area (Å²) in [5.74, 6) is 0.122. The highest BCUT2D eigenvalue weighted by Crippen LogP contribution is 2.09. The lowest BCUT2D eigenvalue weighted by atomic mass is 10.2. The average Bonchev–Trinajstić information content (AvgIpc) is 2.30. The van der Waals surface area contributed by atoms with E-state index in [1.54, 1.807) is 0 Å². The maximum absolute atomic E-state index is 12.0. The topological polar surface area (TPSA) is 23.6 Å². The minimum absolute atomic E-state index is 0.122. The smallest absolute Gasteiger partial charge is 0.253 e. The molecular weight excluding hydrogens is 208 g/mol. The molecule has 4 heteroatoms. The molecule has 0 saturated carbocycles. The van der Waals surface area contributed by atoms with Crippen molar-refractivity contribution in [2.45, 2.75) is 0 Å². The van der Waals surface area contributed by atoms with E-state index in [-0.39, 0.29) is 5.91 Å². The van der Waals surface area contributed by atoms with Crippen LogP contribution in [0, 0.1) is 0 Å². The van der Waals surface area contributed by atoms with E-state index >= 15 is 0 Å². The molecule has 0 aliphatic carbocycles. The monoisotopic (exact) mass is 222 g/mol. The first-order valence-electron chi connectivity index (χ1n) is 5.05. The summed E-state index contributed by atoms with van der Waals surface area (Å²) >= 11 is 4.25. The van der Waals surface area contributed by atoms with Gasteiger partial charge in [0.25, 0.3) is 5.91 Å². The summed E-state index contributed by atoms with van der Waals surface area (Å²) in [5, 5.41) is 0. The van der Waals surface area contributed by atoms with Crippen molar-refractivity contribution in [2.75, 3.05) is 26.2 Å². The molecule has 1 aliphatic heterocycles. The van der Waals surface area contributed by atoms with Gasteiger partial charge in [0.15, 0.2) is 0 Å². The van der Waals surface area contributed by atoms with E-state index in [2.05, 4.69) is 12.8 Å². The molecule has 1 amide bonds. The molecule has 2 rings (SSSR count). The summed E-state index contributed by atoms with van der Waals surface area (Å²) < 4.78 is 1.94. The fourth-order valence-corrected chi connectivity index (χ4v) is 1.84. The molecule has 1 saturated heterocycles. The van der Waals surface area contributed by atoms with Crippen LogP contribution in [0.4, 0.5) is 0 Å². The van der Waals surface area contributed by atoms with E-state index in [1.165, 1.54) is 0 Å². The van der Waals surface area contributed by atoms with Crippen LogP contribution in [0.5, 0.6) is 0 Å². The molecule has 0 atom stereocenters. The van der Waals surface area contributed by atoms with Gasteiger partial charge in [0.05, 0.1) is 0 Å². The van der Waals surface area contributed by atoms with E-state index < -0.39 is 0 Å². The Bertz CT molecular complexity index is 334. The number of hydrogen-bond donors (Lipinski definition) is 1. The molecule has 0 bridgehead atoms. The number of carbonyl (C=O) groups excluding carboxylic acids is 1. The SMILES string of the molecule is O=C(c1ccccc1)N1CCN(S)CC1. The molecule has 0 unspecified atom stereocenters. The number of nitrogens with zero attached hydrogens (tertiary/aromatic N) is 2. The van der Waals surface area contributed by atoms with Crippen LogP contribution in [0.1, 0.15) is 10.4 Å². The molecule has 1 aliphatic rings. The molecule has 1 fully saturated rings. The molecule has 80 valence electrons. The third-order valence-corrected chi connectivity index (χ3v) is 2.96. The van der Waals surface area contributed by atoms with Crippen molar-refractivity contribution < 1.29 is 4.79 Å². The second-order valence-corrected chi connectivity index (χ2v) is 4.18. The summed E-state index contributed by atoms with van der Waals surface area (Å²) in [4.78, 5) is 13.9. The maximum Gasteiger partial charge on any atom is 0.253 e. The summed E-state index contributed by atoms with van der Waals surface area (Å²) in [6.45, 7) is 3.19.